The van der Waals surface area contributed by atoms with Gasteiger partial charge in [-0.15, -0.1) is 0 Å². The van der Waals surface area contributed by atoms with Crippen molar-refractivity contribution in [3.63, 3.8) is 0 Å². The Hall–Kier alpha value is -3.70. The molecule has 5 nitrogen and oxygen atoms in total. The molecule has 3 rings (SSSR count). The first-order chi connectivity index (χ1) is 17.0. The lowest BCUT2D eigenvalue weighted by atomic mass is 10.1. The Morgan fingerprint density at radius 1 is 0.743 bits per heavy atom. The van der Waals surface area contributed by atoms with E-state index in [0.29, 0.717) is 18.6 Å². The van der Waals surface area contributed by atoms with Crippen LogP contribution in [-0.2, 0) is 30.4 Å². The molecule has 3 aromatic rings. The van der Waals surface area contributed by atoms with Crippen LogP contribution in [-0.4, -0.2) is 18.0 Å². The molecular weight excluding hydrogens is 440 g/mol. The van der Waals surface area contributed by atoms with Crippen LogP contribution in [0.5, 0.6) is 0 Å². The van der Waals surface area contributed by atoms with Crippen LogP contribution in [0.25, 0.3) is 0 Å². The number of esters is 2. The van der Waals surface area contributed by atoms with Gasteiger partial charge in [0.15, 0.2) is 0 Å². The summed E-state index contributed by atoms with van der Waals surface area (Å²) in [7, 11) is 0. The van der Waals surface area contributed by atoms with E-state index in [1.807, 2.05) is 85.8 Å². The highest BCUT2D eigenvalue weighted by atomic mass is 16.6. The average Bonchev–Trinajstić information content (AvgIpc) is 2.89. The van der Waals surface area contributed by atoms with Crippen LogP contribution in [0.1, 0.15) is 55.6 Å². The lowest BCUT2D eigenvalue weighted by Crippen LogP contribution is -2.23. The van der Waals surface area contributed by atoms with Crippen molar-refractivity contribution in [1.29, 1.82) is 0 Å². The second kappa shape index (κ2) is 13.9. The molecule has 0 aliphatic rings. The van der Waals surface area contributed by atoms with Crippen LogP contribution in [0.3, 0.4) is 0 Å². The summed E-state index contributed by atoms with van der Waals surface area (Å²) in [6.45, 7) is 3.88. The number of hydrogen-bond donors (Lipinski definition) is 0. The second-order valence-electron chi connectivity index (χ2n) is 8.29. The van der Waals surface area contributed by atoms with Crippen molar-refractivity contribution >= 4 is 11.9 Å². The normalized spacial score (nSPS) is 13.7. The summed E-state index contributed by atoms with van der Waals surface area (Å²) in [6, 6.07) is 28.5. The van der Waals surface area contributed by atoms with Crippen LogP contribution in [0.2, 0.25) is 0 Å². The summed E-state index contributed by atoms with van der Waals surface area (Å²) in [6.07, 6.45) is 3.69. The number of benzene rings is 3. The summed E-state index contributed by atoms with van der Waals surface area (Å²) in [4.78, 5) is 24.7. The van der Waals surface area contributed by atoms with E-state index >= 15 is 0 Å². The molecule has 0 bridgehead atoms. The molecule has 0 aromatic heterocycles. The van der Waals surface area contributed by atoms with Gasteiger partial charge in [0.25, 0.3) is 0 Å². The maximum Gasteiger partial charge on any atom is 0.352 e. The Balaban J connectivity index is 1.62. The molecule has 182 valence electrons. The molecule has 0 aliphatic carbocycles. The molecule has 3 atom stereocenters. The third kappa shape index (κ3) is 8.87. The van der Waals surface area contributed by atoms with Crippen LogP contribution in [0, 0.1) is 0 Å². The third-order valence-electron chi connectivity index (χ3n) is 5.39. The highest BCUT2D eigenvalue weighted by Gasteiger charge is 2.28. The second-order valence-corrected chi connectivity index (χ2v) is 8.29. The van der Waals surface area contributed by atoms with E-state index in [1.54, 1.807) is 24.3 Å². The fraction of sp³-hybridized carbons (Fsp3) is 0.267. The van der Waals surface area contributed by atoms with Gasteiger partial charge in [-0.2, -0.15) is 0 Å². The first kappa shape index (κ1) is 25.9. The van der Waals surface area contributed by atoms with Crippen molar-refractivity contribution in [2.45, 2.75) is 51.6 Å². The Morgan fingerprint density at radius 2 is 1.29 bits per heavy atom. The van der Waals surface area contributed by atoms with Gasteiger partial charge in [-0.25, -0.2) is 4.79 Å². The highest BCUT2D eigenvalue weighted by Crippen LogP contribution is 2.27. The summed E-state index contributed by atoms with van der Waals surface area (Å²) < 4.78 is 17.1. The Labute approximate surface area is 207 Å². The molecule has 0 unspecified atom stereocenters. The zero-order valence-electron chi connectivity index (χ0n) is 20.2. The molecule has 0 saturated carbocycles. The number of carbonyl (C=O) groups excluding carboxylic acids is 2. The molecule has 3 aromatic carbocycles. The molecular formula is C30H32O5. The van der Waals surface area contributed by atoms with Crippen LogP contribution >= 0.6 is 0 Å². The van der Waals surface area contributed by atoms with Gasteiger partial charge < -0.3 is 14.2 Å². The highest BCUT2D eigenvalue weighted by molar-refractivity contribution is 5.80. The van der Waals surface area contributed by atoms with Crippen molar-refractivity contribution in [2.24, 2.45) is 0 Å². The number of ether oxygens (including phenoxy) is 3. The van der Waals surface area contributed by atoms with E-state index in [0.717, 1.165) is 17.5 Å². The number of carbonyl (C=O) groups is 2. The average molecular weight is 473 g/mol. The summed E-state index contributed by atoms with van der Waals surface area (Å²) in [5.74, 6) is -1.15. The minimum absolute atomic E-state index is 0.0515. The van der Waals surface area contributed by atoms with E-state index in [9.17, 15) is 9.59 Å². The molecule has 0 heterocycles. The SMILES string of the molecule is CC(=O)O[C@@H](C(=O)O[C@@H](C/C=C\C[C@@H](C)OCc1ccccc1)c1ccccc1)c1ccccc1. The van der Waals surface area contributed by atoms with Crippen molar-refractivity contribution in [3.8, 4) is 0 Å². The quantitative estimate of drug-likeness (QED) is 0.222. The van der Waals surface area contributed by atoms with Gasteiger partial charge in [0.1, 0.15) is 6.10 Å². The number of hydrogen-bond acceptors (Lipinski definition) is 5. The smallest absolute Gasteiger partial charge is 0.352 e. The van der Waals surface area contributed by atoms with Crippen molar-refractivity contribution < 1.29 is 23.8 Å². The Morgan fingerprint density at radius 3 is 1.89 bits per heavy atom. The largest absolute Gasteiger partial charge is 0.454 e. The third-order valence-corrected chi connectivity index (χ3v) is 5.39. The molecule has 0 fully saturated rings. The minimum atomic E-state index is -1.12. The van der Waals surface area contributed by atoms with Crippen molar-refractivity contribution in [1.82, 2.24) is 0 Å². The van der Waals surface area contributed by atoms with E-state index in [2.05, 4.69) is 0 Å². The predicted octanol–water partition coefficient (Wildman–Crippen LogP) is 6.52. The van der Waals surface area contributed by atoms with E-state index < -0.39 is 24.1 Å². The van der Waals surface area contributed by atoms with Crippen molar-refractivity contribution in [2.75, 3.05) is 0 Å². The van der Waals surface area contributed by atoms with Crippen molar-refractivity contribution in [3.05, 3.63) is 120 Å². The molecule has 0 radical (unpaired) electrons. The fourth-order valence-electron chi connectivity index (χ4n) is 3.56. The molecule has 0 amide bonds. The topological polar surface area (TPSA) is 61.8 Å². The molecule has 5 heteroatoms. The van der Waals surface area contributed by atoms with Gasteiger partial charge in [-0.05, 0) is 24.5 Å². The maximum atomic E-state index is 13.1. The Kier molecular flexibility index (Phi) is 10.3. The van der Waals surface area contributed by atoms with E-state index in [-0.39, 0.29) is 6.10 Å². The minimum Gasteiger partial charge on any atom is -0.454 e. The molecule has 0 spiro atoms. The standard InChI is InChI=1S/C30H32O5/c1-23(33-22-25-15-6-3-7-16-25)14-12-13-21-28(26-17-8-4-9-18-26)35-30(32)29(34-24(2)31)27-19-10-5-11-20-27/h3-13,15-20,23,28-29H,14,21-22H2,1-2H3/b13-12-/t23-,28+,29-/m1/s1. The van der Waals surface area contributed by atoms with Gasteiger partial charge in [-0.1, -0.05) is 103 Å². The van der Waals surface area contributed by atoms with Crippen LogP contribution in [0.15, 0.2) is 103 Å². The van der Waals surface area contributed by atoms with E-state index in [1.165, 1.54) is 6.92 Å². The molecule has 35 heavy (non-hydrogen) atoms. The molecule has 0 aliphatic heterocycles. The van der Waals surface area contributed by atoms with Crippen LogP contribution < -0.4 is 0 Å². The summed E-state index contributed by atoms with van der Waals surface area (Å²) in [5, 5.41) is 0. The predicted molar refractivity (Wildman–Crippen MR) is 135 cm³/mol. The summed E-state index contributed by atoms with van der Waals surface area (Å²) >= 11 is 0. The molecule has 0 N–H and O–H groups in total. The fourth-order valence-corrected chi connectivity index (χ4v) is 3.56. The number of rotatable bonds is 12. The van der Waals surface area contributed by atoms with Crippen LogP contribution in [0.4, 0.5) is 0 Å². The van der Waals surface area contributed by atoms with Gasteiger partial charge in [0, 0.05) is 18.9 Å². The monoisotopic (exact) mass is 472 g/mol. The zero-order chi connectivity index (χ0) is 24.9. The lowest BCUT2D eigenvalue weighted by Gasteiger charge is -2.22. The van der Waals surface area contributed by atoms with Gasteiger partial charge in [-0.3, -0.25) is 4.79 Å². The van der Waals surface area contributed by atoms with Gasteiger partial charge in [0.05, 0.1) is 12.7 Å². The zero-order valence-corrected chi connectivity index (χ0v) is 20.2. The van der Waals surface area contributed by atoms with Gasteiger partial charge >= 0.3 is 11.9 Å². The first-order valence-corrected chi connectivity index (χ1v) is 11.8. The Bertz CT molecular complexity index is 1060. The first-order valence-electron chi connectivity index (χ1n) is 11.8. The molecule has 0 saturated heterocycles. The maximum absolute atomic E-state index is 13.1. The summed E-state index contributed by atoms with van der Waals surface area (Å²) in [5.41, 5.74) is 2.58. The van der Waals surface area contributed by atoms with Gasteiger partial charge in [0.2, 0.25) is 6.10 Å². The lowest BCUT2D eigenvalue weighted by molar-refractivity contribution is -0.171. The van der Waals surface area contributed by atoms with E-state index in [4.69, 9.17) is 14.2 Å².